The average molecular weight is 477 g/mol. The quantitative estimate of drug-likeness (QED) is 0.240. The Bertz CT molecular complexity index is 648. The van der Waals surface area contributed by atoms with E-state index in [0.29, 0.717) is 0 Å². The van der Waals surface area contributed by atoms with Gasteiger partial charge in [-0.2, -0.15) is 0 Å². The predicted octanol–water partition coefficient (Wildman–Crippen LogP) is 1.42. The van der Waals surface area contributed by atoms with Gasteiger partial charge in [-0.3, -0.25) is 0 Å². The van der Waals surface area contributed by atoms with E-state index in [-0.39, 0.29) is 28.3 Å². The summed E-state index contributed by atoms with van der Waals surface area (Å²) >= 11 is -5.00. The van der Waals surface area contributed by atoms with E-state index >= 15 is 0 Å². The number of aromatic hydroxyl groups is 1. The van der Waals surface area contributed by atoms with Crippen molar-refractivity contribution in [3.63, 3.8) is 0 Å². The third-order valence-corrected chi connectivity index (χ3v) is 6.48. The van der Waals surface area contributed by atoms with Gasteiger partial charge in [-0.25, -0.2) is 0 Å². The van der Waals surface area contributed by atoms with E-state index in [1.54, 1.807) is 0 Å². The normalized spacial score (nSPS) is 12.1. The molecule has 1 rings (SSSR count). The summed E-state index contributed by atoms with van der Waals surface area (Å²) in [5, 5.41) is 27.1. The number of benzene rings is 1. The van der Waals surface area contributed by atoms with Gasteiger partial charge in [-0.1, -0.05) is 51.9 Å². The van der Waals surface area contributed by atoms with Crippen molar-refractivity contribution in [3.05, 3.63) is 18.2 Å². The second kappa shape index (κ2) is 14.6. The van der Waals surface area contributed by atoms with E-state index in [0.717, 1.165) is 35.9 Å². The number of amides is 1. The van der Waals surface area contributed by atoms with Crippen LogP contribution in [0.4, 0.5) is 5.69 Å². The van der Waals surface area contributed by atoms with Gasteiger partial charge in [0.05, 0.1) is 12.7 Å². The zero-order chi connectivity index (χ0) is 22.4. The average Bonchev–Trinajstić information content (AvgIpc) is 2.66. The minimum absolute atomic E-state index is 0.0785. The van der Waals surface area contributed by atoms with Gasteiger partial charge in [0.15, 0.2) is 0 Å². The molecular formula is C20H36AsNO7. The van der Waals surface area contributed by atoms with E-state index in [4.69, 9.17) is 18.4 Å². The number of hydrogen-bond acceptors (Lipinski definition) is 5. The fourth-order valence-electron chi connectivity index (χ4n) is 2.56. The van der Waals surface area contributed by atoms with Crippen molar-refractivity contribution >= 4 is 30.1 Å². The van der Waals surface area contributed by atoms with E-state index in [9.17, 15) is 13.6 Å². The molecule has 168 valence electrons. The third kappa shape index (κ3) is 12.1. The van der Waals surface area contributed by atoms with Crippen molar-refractivity contribution < 1.29 is 32.0 Å². The molecule has 0 bridgehead atoms. The van der Waals surface area contributed by atoms with Gasteiger partial charge >= 0.3 is 94.8 Å². The molecule has 1 aromatic carbocycles. The first-order valence-corrected chi connectivity index (χ1v) is 13.3. The maximum Gasteiger partial charge on any atom is 0.0770 e. The molecule has 8 nitrogen and oxygen atoms in total. The van der Waals surface area contributed by atoms with Crippen LogP contribution in [0, 0.1) is 0 Å². The molecule has 0 aliphatic rings. The number of anilines is 1. The van der Waals surface area contributed by atoms with Crippen LogP contribution in [0.15, 0.2) is 18.2 Å². The van der Waals surface area contributed by atoms with E-state index in [1.165, 1.54) is 52.5 Å². The molecule has 29 heavy (non-hydrogen) atoms. The summed E-state index contributed by atoms with van der Waals surface area (Å²) in [6, 6.07) is 3.42. The van der Waals surface area contributed by atoms with Crippen LogP contribution in [-0.4, -0.2) is 63.3 Å². The summed E-state index contributed by atoms with van der Waals surface area (Å²) in [6.07, 6.45) is 9.09. The minimum atomic E-state index is -5.00. The summed E-state index contributed by atoms with van der Waals surface area (Å²) in [5.41, 5.74) is 0.0785. The number of phenolic OH excluding ortho intramolecular Hbond substituents is 1. The molecule has 1 unspecified atom stereocenters. The number of hydrogen-bond donors (Lipinski definition) is 5. The van der Waals surface area contributed by atoms with Crippen molar-refractivity contribution in [3.8, 4) is 5.75 Å². The van der Waals surface area contributed by atoms with E-state index < -0.39 is 20.3 Å². The Labute approximate surface area is 176 Å². The molecule has 0 radical (unpaired) electrons. The van der Waals surface area contributed by atoms with Crippen molar-refractivity contribution in [2.75, 3.05) is 18.6 Å². The van der Waals surface area contributed by atoms with Gasteiger partial charge in [0.2, 0.25) is 0 Å². The van der Waals surface area contributed by atoms with Crippen molar-refractivity contribution in [2.24, 2.45) is 0 Å². The fourth-order valence-corrected chi connectivity index (χ4v) is 3.73. The zero-order valence-electron chi connectivity index (χ0n) is 17.6. The number of aliphatic hydroxyl groups is 2. The SMILES string of the molecule is CC(=O)N(C)c1cc([As](=O)(O)O)ccc1O.CCCCCCCCCC(O)CO. The summed E-state index contributed by atoms with van der Waals surface area (Å²) in [7, 11) is 1.41. The number of carbonyl (C=O) groups excluding carboxylic acids is 1. The monoisotopic (exact) mass is 477 g/mol. The number of unbranched alkanes of at least 4 members (excludes halogenated alkanes) is 6. The maximum absolute atomic E-state index is 11.1. The third-order valence-electron chi connectivity index (χ3n) is 4.48. The topological polar surface area (TPSA) is 139 Å². The molecule has 1 amide bonds. The van der Waals surface area contributed by atoms with Gasteiger partial charge in [0.1, 0.15) is 0 Å². The second-order valence-corrected chi connectivity index (χ2v) is 10.4. The Kier molecular flexibility index (Phi) is 14.0. The predicted molar refractivity (Wildman–Crippen MR) is 113 cm³/mol. The van der Waals surface area contributed by atoms with Crippen LogP contribution in [-0.2, 0) is 8.53 Å². The van der Waals surface area contributed by atoms with Crippen LogP contribution in [0.2, 0.25) is 0 Å². The molecular weight excluding hydrogens is 441 g/mol. The van der Waals surface area contributed by atoms with Crippen LogP contribution in [0.5, 0.6) is 5.75 Å². The Balaban J connectivity index is 0.000000555. The van der Waals surface area contributed by atoms with Gasteiger partial charge in [0, 0.05) is 0 Å². The smallest absolute Gasteiger partial charge is 0.0770 e. The molecule has 1 atom stereocenters. The van der Waals surface area contributed by atoms with Crippen LogP contribution < -0.4 is 9.25 Å². The second-order valence-electron chi connectivity index (χ2n) is 7.04. The molecule has 0 aromatic heterocycles. The molecule has 0 aliphatic carbocycles. The molecule has 0 heterocycles. The number of aliphatic hydroxyl groups excluding tert-OH is 2. The first kappa shape index (κ1) is 27.7. The summed E-state index contributed by atoms with van der Waals surface area (Å²) in [6.45, 7) is 3.42. The Morgan fingerprint density at radius 1 is 1.10 bits per heavy atom. The molecule has 0 spiro atoms. The maximum atomic E-state index is 11.1. The Morgan fingerprint density at radius 2 is 1.66 bits per heavy atom. The van der Waals surface area contributed by atoms with Gasteiger partial charge in [0.25, 0.3) is 0 Å². The van der Waals surface area contributed by atoms with Crippen molar-refractivity contribution in [1.29, 1.82) is 0 Å². The summed E-state index contributed by atoms with van der Waals surface area (Å²) in [4.78, 5) is 12.2. The van der Waals surface area contributed by atoms with Crippen molar-refractivity contribution in [2.45, 2.75) is 71.3 Å². The summed E-state index contributed by atoms with van der Waals surface area (Å²) in [5.74, 6) is -0.546. The Morgan fingerprint density at radius 3 is 2.14 bits per heavy atom. The van der Waals surface area contributed by atoms with Gasteiger partial charge < -0.3 is 10.2 Å². The zero-order valence-corrected chi connectivity index (χ0v) is 19.5. The van der Waals surface area contributed by atoms with Crippen LogP contribution in [0.1, 0.15) is 65.2 Å². The van der Waals surface area contributed by atoms with Gasteiger partial charge in [-0.15, -0.1) is 0 Å². The number of carbonyl (C=O) groups is 1. The summed E-state index contributed by atoms with van der Waals surface area (Å²) < 4.78 is 28.9. The Hall–Kier alpha value is -1.31. The number of rotatable bonds is 11. The van der Waals surface area contributed by atoms with Crippen LogP contribution in [0.25, 0.3) is 0 Å². The first-order chi connectivity index (χ1) is 13.5. The van der Waals surface area contributed by atoms with Gasteiger partial charge in [-0.05, 0) is 6.42 Å². The number of phenols is 1. The fraction of sp³-hybridized carbons (Fsp3) is 0.650. The van der Waals surface area contributed by atoms with E-state index in [1.807, 2.05) is 0 Å². The molecule has 0 aliphatic heterocycles. The molecule has 0 saturated carbocycles. The molecule has 0 saturated heterocycles. The molecule has 1 aromatic rings. The van der Waals surface area contributed by atoms with Crippen molar-refractivity contribution in [1.82, 2.24) is 0 Å². The van der Waals surface area contributed by atoms with E-state index in [2.05, 4.69) is 6.92 Å². The van der Waals surface area contributed by atoms with Crippen LogP contribution in [0.3, 0.4) is 0 Å². The standard InChI is InChI=1S/C11H24O2.C9H12AsNO5/c1-2-3-4-5-6-7-8-9-11(13)10-12;1-6(12)11(2)8-5-7(10(14,15)16)3-4-9(8)13/h11-13H,2-10H2,1H3;3-5,13H,1-2H3,(H2,14,15,16). The molecule has 5 N–H and O–H groups in total. The molecule has 9 heteroatoms. The van der Waals surface area contributed by atoms with Crippen LogP contribution >= 0.6 is 0 Å². The number of nitrogens with zero attached hydrogens (tertiary/aromatic N) is 1. The minimum Gasteiger partial charge on any atom is -0.394 e. The largest absolute Gasteiger partial charge is 0.394 e. The molecule has 0 fully saturated rings. The first-order valence-electron chi connectivity index (χ1n) is 9.96.